The van der Waals surface area contributed by atoms with Crippen LogP contribution >= 0.6 is 0 Å². The fourth-order valence-electron chi connectivity index (χ4n) is 2.08. The monoisotopic (exact) mass is 244 g/mol. The number of hydrogen-bond acceptors (Lipinski definition) is 4. The van der Waals surface area contributed by atoms with Gasteiger partial charge in [0, 0.05) is 26.2 Å². The summed E-state index contributed by atoms with van der Waals surface area (Å²) in [6.07, 6.45) is 2.64. The van der Waals surface area contributed by atoms with Crippen molar-refractivity contribution in [2.45, 2.75) is 32.2 Å². The lowest BCUT2D eigenvalue weighted by Crippen LogP contribution is -2.50. The number of rotatable bonds is 6. The highest BCUT2D eigenvalue weighted by Crippen LogP contribution is 2.29. The first-order valence-electron chi connectivity index (χ1n) is 6.22. The van der Waals surface area contributed by atoms with Crippen molar-refractivity contribution in [1.82, 2.24) is 4.90 Å². The molecule has 2 atom stereocenters. The standard InChI is InChI=1S/C12H24N2O3/c1-12(9-17-8-10(12)13)11(16)14(2)6-4-3-5-7-15/h10,15H,3-9,13H2,1-2H3. The maximum absolute atomic E-state index is 12.3. The van der Waals surface area contributed by atoms with Gasteiger partial charge in [0.05, 0.1) is 18.6 Å². The first-order chi connectivity index (χ1) is 8.02. The number of unbranched alkanes of at least 4 members (excludes halogenated alkanes) is 2. The number of ether oxygens (including phenoxy) is 1. The molecule has 17 heavy (non-hydrogen) atoms. The molecule has 1 rings (SSSR count). The number of aliphatic hydroxyl groups excluding tert-OH is 1. The van der Waals surface area contributed by atoms with Gasteiger partial charge in [0.15, 0.2) is 0 Å². The molecule has 0 aromatic rings. The summed E-state index contributed by atoms with van der Waals surface area (Å²) in [6.45, 7) is 3.67. The summed E-state index contributed by atoms with van der Waals surface area (Å²) < 4.78 is 5.28. The Morgan fingerprint density at radius 3 is 2.76 bits per heavy atom. The van der Waals surface area contributed by atoms with Crippen molar-refractivity contribution < 1.29 is 14.6 Å². The average Bonchev–Trinajstić information content (AvgIpc) is 2.65. The zero-order valence-electron chi connectivity index (χ0n) is 10.8. The van der Waals surface area contributed by atoms with Crippen LogP contribution in [0.3, 0.4) is 0 Å². The lowest BCUT2D eigenvalue weighted by Gasteiger charge is -2.30. The molecule has 1 aliphatic rings. The van der Waals surface area contributed by atoms with Crippen LogP contribution in [0.1, 0.15) is 26.2 Å². The van der Waals surface area contributed by atoms with Crippen molar-refractivity contribution in [3.63, 3.8) is 0 Å². The fraction of sp³-hybridized carbons (Fsp3) is 0.917. The molecule has 0 aromatic carbocycles. The molecule has 1 fully saturated rings. The molecule has 0 bridgehead atoms. The zero-order valence-corrected chi connectivity index (χ0v) is 10.8. The van der Waals surface area contributed by atoms with E-state index in [-0.39, 0.29) is 18.6 Å². The third-order valence-electron chi connectivity index (χ3n) is 3.50. The molecule has 100 valence electrons. The molecule has 0 spiro atoms. The van der Waals surface area contributed by atoms with Gasteiger partial charge in [0.2, 0.25) is 5.91 Å². The van der Waals surface area contributed by atoms with E-state index in [1.54, 1.807) is 11.9 Å². The molecule has 0 aliphatic carbocycles. The van der Waals surface area contributed by atoms with E-state index in [4.69, 9.17) is 15.6 Å². The summed E-state index contributed by atoms with van der Waals surface area (Å²) >= 11 is 0. The quantitative estimate of drug-likeness (QED) is 0.643. The predicted molar refractivity (Wildman–Crippen MR) is 65.5 cm³/mol. The van der Waals surface area contributed by atoms with E-state index in [1.165, 1.54) is 0 Å². The average molecular weight is 244 g/mol. The van der Waals surface area contributed by atoms with Crippen LogP contribution in [-0.4, -0.2) is 55.4 Å². The fourth-order valence-corrected chi connectivity index (χ4v) is 2.08. The first-order valence-corrected chi connectivity index (χ1v) is 6.22. The number of aliphatic hydroxyl groups is 1. The summed E-state index contributed by atoms with van der Waals surface area (Å²) in [5.41, 5.74) is 5.35. The SMILES string of the molecule is CN(CCCCCO)C(=O)C1(C)COCC1N. The number of hydrogen-bond donors (Lipinski definition) is 2. The smallest absolute Gasteiger partial charge is 0.232 e. The van der Waals surface area contributed by atoms with Gasteiger partial charge in [-0.3, -0.25) is 4.79 Å². The zero-order chi connectivity index (χ0) is 12.9. The molecule has 5 nitrogen and oxygen atoms in total. The van der Waals surface area contributed by atoms with E-state index in [2.05, 4.69) is 0 Å². The minimum Gasteiger partial charge on any atom is -0.396 e. The molecule has 0 aromatic heterocycles. The van der Waals surface area contributed by atoms with Gasteiger partial charge in [-0.15, -0.1) is 0 Å². The highest BCUT2D eigenvalue weighted by molar-refractivity contribution is 5.83. The summed E-state index contributed by atoms with van der Waals surface area (Å²) in [5.74, 6) is 0.0616. The molecule has 1 saturated heterocycles. The van der Waals surface area contributed by atoms with E-state index in [9.17, 15) is 4.79 Å². The third-order valence-corrected chi connectivity index (χ3v) is 3.50. The van der Waals surface area contributed by atoms with Crippen molar-refractivity contribution in [2.24, 2.45) is 11.1 Å². The van der Waals surface area contributed by atoms with Crippen LogP contribution in [-0.2, 0) is 9.53 Å². The Labute approximate surface area is 103 Å². The Bertz CT molecular complexity index is 260. The molecule has 5 heteroatoms. The van der Waals surface area contributed by atoms with Gasteiger partial charge in [-0.25, -0.2) is 0 Å². The number of carbonyl (C=O) groups excluding carboxylic acids is 1. The topological polar surface area (TPSA) is 75.8 Å². The largest absolute Gasteiger partial charge is 0.396 e. The van der Waals surface area contributed by atoms with Crippen molar-refractivity contribution in [3.05, 3.63) is 0 Å². The maximum Gasteiger partial charge on any atom is 0.232 e. The Balaban J connectivity index is 2.40. The Morgan fingerprint density at radius 1 is 1.53 bits per heavy atom. The van der Waals surface area contributed by atoms with Gasteiger partial charge >= 0.3 is 0 Å². The summed E-state index contributed by atoms with van der Waals surface area (Å²) in [5, 5.41) is 8.68. The molecule has 0 radical (unpaired) electrons. The Kier molecular flexibility index (Phi) is 5.36. The molecule has 1 aliphatic heterocycles. The van der Waals surface area contributed by atoms with E-state index >= 15 is 0 Å². The van der Waals surface area contributed by atoms with Gasteiger partial charge in [-0.2, -0.15) is 0 Å². The van der Waals surface area contributed by atoms with E-state index in [0.29, 0.717) is 19.8 Å². The highest BCUT2D eigenvalue weighted by atomic mass is 16.5. The second-order valence-corrected chi connectivity index (χ2v) is 5.05. The van der Waals surface area contributed by atoms with Crippen LogP contribution in [0.15, 0.2) is 0 Å². The molecular weight excluding hydrogens is 220 g/mol. The second kappa shape index (κ2) is 6.33. The predicted octanol–water partition coefficient (Wildman–Crippen LogP) is -0.0288. The lowest BCUT2D eigenvalue weighted by molar-refractivity contribution is -0.140. The molecule has 2 unspecified atom stereocenters. The number of amides is 1. The van der Waals surface area contributed by atoms with Gasteiger partial charge in [-0.05, 0) is 26.2 Å². The van der Waals surface area contributed by atoms with E-state index in [1.807, 2.05) is 6.92 Å². The van der Waals surface area contributed by atoms with Crippen LogP contribution in [0.25, 0.3) is 0 Å². The van der Waals surface area contributed by atoms with Crippen molar-refractivity contribution in [1.29, 1.82) is 0 Å². The normalized spacial score (nSPS) is 28.4. The number of nitrogens with two attached hydrogens (primary N) is 1. The lowest BCUT2D eigenvalue weighted by atomic mass is 9.84. The van der Waals surface area contributed by atoms with E-state index < -0.39 is 5.41 Å². The second-order valence-electron chi connectivity index (χ2n) is 5.05. The number of carbonyl (C=O) groups is 1. The van der Waals surface area contributed by atoms with Gasteiger partial charge in [-0.1, -0.05) is 0 Å². The van der Waals surface area contributed by atoms with Crippen molar-refractivity contribution >= 4 is 5.91 Å². The first kappa shape index (κ1) is 14.4. The number of nitrogens with zero attached hydrogens (tertiary/aromatic N) is 1. The minimum atomic E-state index is -0.578. The van der Waals surface area contributed by atoms with Crippen molar-refractivity contribution in [2.75, 3.05) is 33.4 Å². The van der Waals surface area contributed by atoms with Gasteiger partial charge in [0.25, 0.3) is 0 Å². The molecule has 0 saturated carbocycles. The highest BCUT2D eigenvalue weighted by Gasteiger charge is 2.45. The van der Waals surface area contributed by atoms with Gasteiger partial charge < -0.3 is 20.5 Å². The van der Waals surface area contributed by atoms with Crippen LogP contribution in [0.5, 0.6) is 0 Å². The summed E-state index contributed by atoms with van der Waals surface area (Å²) in [6, 6.07) is -0.213. The minimum absolute atomic E-state index is 0.0616. The summed E-state index contributed by atoms with van der Waals surface area (Å²) in [4.78, 5) is 14.0. The van der Waals surface area contributed by atoms with Crippen LogP contribution in [0, 0.1) is 5.41 Å². The summed E-state index contributed by atoms with van der Waals surface area (Å²) in [7, 11) is 1.80. The van der Waals surface area contributed by atoms with Crippen LogP contribution < -0.4 is 5.73 Å². The third kappa shape index (κ3) is 3.40. The molecular formula is C12H24N2O3. The Hall–Kier alpha value is -0.650. The van der Waals surface area contributed by atoms with Gasteiger partial charge in [0.1, 0.15) is 0 Å². The molecule has 3 N–H and O–H groups in total. The Morgan fingerprint density at radius 2 is 2.24 bits per heavy atom. The maximum atomic E-state index is 12.3. The van der Waals surface area contributed by atoms with Crippen molar-refractivity contribution in [3.8, 4) is 0 Å². The van der Waals surface area contributed by atoms with Crippen LogP contribution in [0.4, 0.5) is 0 Å². The molecule has 1 heterocycles. The van der Waals surface area contributed by atoms with E-state index in [0.717, 1.165) is 19.3 Å². The van der Waals surface area contributed by atoms with Crippen LogP contribution in [0.2, 0.25) is 0 Å². The molecule has 1 amide bonds.